The number of likely N-dealkylation sites (tertiary alicyclic amines) is 1. The van der Waals surface area contributed by atoms with Gasteiger partial charge in [-0.3, -0.25) is 9.69 Å². The molecular weight excluding hydrogens is 182 g/mol. The highest BCUT2D eigenvalue weighted by Crippen LogP contribution is 2.20. The molecule has 0 radical (unpaired) electrons. The Morgan fingerprint density at radius 2 is 2.29 bits per heavy atom. The maximum Gasteiger partial charge on any atom is 0.304 e. The van der Waals surface area contributed by atoms with Gasteiger partial charge in [-0.15, -0.1) is 0 Å². The van der Waals surface area contributed by atoms with Gasteiger partial charge in [-0.25, -0.2) is 0 Å². The summed E-state index contributed by atoms with van der Waals surface area (Å²) < 4.78 is 0. The van der Waals surface area contributed by atoms with Crippen molar-refractivity contribution in [2.75, 3.05) is 13.2 Å². The summed E-state index contributed by atoms with van der Waals surface area (Å²) in [6, 6.07) is 0.197. The fraction of sp³-hybridized carbons (Fsp3) is 0.900. The van der Waals surface area contributed by atoms with Crippen LogP contribution >= 0.6 is 0 Å². The Kier molecular flexibility index (Phi) is 4.35. The molecule has 1 aliphatic rings. The summed E-state index contributed by atoms with van der Waals surface area (Å²) in [6.07, 6.45) is 3.40. The maximum atomic E-state index is 10.6. The number of carboxylic acids is 1. The molecule has 4 heteroatoms. The number of nitrogens with zero attached hydrogens (tertiary/aromatic N) is 1. The number of rotatable bonds is 4. The Labute approximate surface area is 84.5 Å². The van der Waals surface area contributed by atoms with Gasteiger partial charge in [0.1, 0.15) is 0 Å². The molecule has 0 amide bonds. The smallest absolute Gasteiger partial charge is 0.304 e. The first kappa shape index (κ1) is 11.5. The lowest BCUT2D eigenvalue weighted by molar-refractivity contribution is -0.138. The van der Waals surface area contributed by atoms with Gasteiger partial charge in [0, 0.05) is 12.1 Å². The van der Waals surface area contributed by atoms with Gasteiger partial charge in [-0.1, -0.05) is 6.42 Å². The second kappa shape index (κ2) is 5.32. The Morgan fingerprint density at radius 3 is 2.86 bits per heavy atom. The molecular formula is C10H19NO3. The summed E-state index contributed by atoms with van der Waals surface area (Å²) in [6.45, 7) is 2.98. The topological polar surface area (TPSA) is 60.8 Å². The van der Waals surface area contributed by atoms with E-state index in [-0.39, 0.29) is 25.1 Å². The lowest BCUT2D eigenvalue weighted by Crippen LogP contribution is -2.47. The standard InChI is InChI=1S/C10H19NO3/c1-8(6-10(13)14)11-5-3-2-4-9(11)7-12/h8-9,12H,2-7H2,1H3,(H,13,14). The lowest BCUT2D eigenvalue weighted by Gasteiger charge is -2.38. The highest BCUT2D eigenvalue weighted by atomic mass is 16.4. The van der Waals surface area contributed by atoms with Gasteiger partial charge in [0.2, 0.25) is 0 Å². The van der Waals surface area contributed by atoms with Crippen molar-refractivity contribution in [3.63, 3.8) is 0 Å². The van der Waals surface area contributed by atoms with Gasteiger partial charge in [0.25, 0.3) is 0 Å². The molecule has 0 saturated carbocycles. The zero-order chi connectivity index (χ0) is 10.6. The summed E-state index contributed by atoms with van der Waals surface area (Å²) in [5.74, 6) is -0.764. The van der Waals surface area contributed by atoms with Gasteiger partial charge in [0.05, 0.1) is 13.0 Å². The first-order chi connectivity index (χ1) is 6.65. The molecule has 1 saturated heterocycles. The molecule has 0 aromatic carbocycles. The van der Waals surface area contributed by atoms with E-state index >= 15 is 0 Å². The number of aliphatic carboxylic acids is 1. The molecule has 82 valence electrons. The van der Waals surface area contributed by atoms with Crippen LogP contribution < -0.4 is 0 Å². The van der Waals surface area contributed by atoms with Gasteiger partial charge in [0.15, 0.2) is 0 Å². The second-order valence-electron chi connectivity index (χ2n) is 4.02. The molecule has 1 fully saturated rings. The van der Waals surface area contributed by atoms with Gasteiger partial charge in [-0.2, -0.15) is 0 Å². The molecule has 0 aromatic heterocycles. The molecule has 0 aliphatic carbocycles. The molecule has 1 rings (SSSR count). The van der Waals surface area contributed by atoms with Crippen molar-refractivity contribution in [1.29, 1.82) is 0 Å². The molecule has 4 nitrogen and oxygen atoms in total. The van der Waals surface area contributed by atoms with Crippen LogP contribution in [0.3, 0.4) is 0 Å². The van der Waals surface area contributed by atoms with E-state index in [1.807, 2.05) is 6.92 Å². The minimum atomic E-state index is -0.764. The quantitative estimate of drug-likeness (QED) is 0.702. The highest BCUT2D eigenvalue weighted by molar-refractivity contribution is 5.67. The molecule has 1 aliphatic heterocycles. The van der Waals surface area contributed by atoms with Crippen molar-refractivity contribution in [1.82, 2.24) is 4.90 Å². The summed E-state index contributed by atoms with van der Waals surface area (Å²) in [5.41, 5.74) is 0. The lowest BCUT2D eigenvalue weighted by atomic mass is 10.00. The zero-order valence-corrected chi connectivity index (χ0v) is 8.65. The number of carboxylic acid groups (broad SMARTS) is 1. The largest absolute Gasteiger partial charge is 0.481 e. The van der Waals surface area contributed by atoms with E-state index in [1.54, 1.807) is 0 Å². The molecule has 0 bridgehead atoms. The maximum absolute atomic E-state index is 10.6. The molecule has 0 spiro atoms. The van der Waals surface area contributed by atoms with Crippen LogP contribution in [0.25, 0.3) is 0 Å². The fourth-order valence-electron chi connectivity index (χ4n) is 2.17. The van der Waals surface area contributed by atoms with Crippen molar-refractivity contribution in [2.45, 2.75) is 44.7 Å². The number of aliphatic hydroxyl groups is 1. The van der Waals surface area contributed by atoms with Gasteiger partial charge >= 0.3 is 5.97 Å². The number of aliphatic hydroxyl groups excluding tert-OH is 1. The van der Waals surface area contributed by atoms with Gasteiger partial charge < -0.3 is 10.2 Å². The number of hydrogen-bond acceptors (Lipinski definition) is 3. The van der Waals surface area contributed by atoms with Crippen molar-refractivity contribution in [3.8, 4) is 0 Å². The monoisotopic (exact) mass is 201 g/mol. The van der Waals surface area contributed by atoms with E-state index in [4.69, 9.17) is 10.2 Å². The third-order valence-corrected chi connectivity index (χ3v) is 2.92. The molecule has 2 unspecified atom stereocenters. The Bertz CT molecular complexity index is 196. The van der Waals surface area contributed by atoms with Crippen LogP contribution in [0.4, 0.5) is 0 Å². The van der Waals surface area contributed by atoms with E-state index in [9.17, 15) is 4.79 Å². The third-order valence-electron chi connectivity index (χ3n) is 2.92. The van der Waals surface area contributed by atoms with Crippen LogP contribution in [-0.4, -0.2) is 46.3 Å². The van der Waals surface area contributed by atoms with E-state index in [1.165, 1.54) is 0 Å². The summed E-state index contributed by atoms with van der Waals surface area (Å²) in [5, 5.41) is 17.8. The predicted molar refractivity (Wildman–Crippen MR) is 53.1 cm³/mol. The fourth-order valence-corrected chi connectivity index (χ4v) is 2.17. The number of piperidine rings is 1. The van der Waals surface area contributed by atoms with E-state index in [0.717, 1.165) is 25.8 Å². The van der Waals surface area contributed by atoms with Gasteiger partial charge in [-0.05, 0) is 26.3 Å². The van der Waals surface area contributed by atoms with Crippen LogP contribution in [0.15, 0.2) is 0 Å². The minimum absolute atomic E-state index is 0.0324. The minimum Gasteiger partial charge on any atom is -0.481 e. The first-order valence-corrected chi connectivity index (χ1v) is 5.23. The van der Waals surface area contributed by atoms with E-state index in [0.29, 0.717) is 0 Å². The Hall–Kier alpha value is -0.610. The van der Waals surface area contributed by atoms with Crippen LogP contribution in [-0.2, 0) is 4.79 Å². The molecule has 0 aromatic rings. The van der Waals surface area contributed by atoms with Crippen molar-refractivity contribution < 1.29 is 15.0 Å². The van der Waals surface area contributed by atoms with E-state index < -0.39 is 5.97 Å². The third kappa shape index (κ3) is 2.96. The molecule has 2 N–H and O–H groups in total. The number of hydrogen-bond donors (Lipinski definition) is 2. The average molecular weight is 201 g/mol. The molecule has 2 atom stereocenters. The molecule has 14 heavy (non-hydrogen) atoms. The molecule has 1 heterocycles. The van der Waals surface area contributed by atoms with E-state index in [2.05, 4.69) is 4.90 Å². The summed E-state index contributed by atoms with van der Waals surface area (Å²) in [7, 11) is 0. The van der Waals surface area contributed by atoms with Crippen molar-refractivity contribution in [2.24, 2.45) is 0 Å². The SMILES string of the molecule is CC(CC(=O)O)N1CCCCC1CO. The summed E-state index contributed by atoms with van der Waals surface area (Å²) in [4.78, 5) is 12.7. The van der Waals surface area contributed by atoms with Crippen molar-refractivity contribution in [3.05, 3.63) is 0 Å². The second-order valence-corrected chi connectivity index (χ2v) is 4.02. The van der Waals surface area contributed by atoms with Crippen LogP contribution in [0.1, 0.15) is 32.6 Å². The predicted octanol–water partition coefficient (Wildman–Crippen LogP) is 0.696. The van der Waals surface area contributed by atoms with Crippen LogP contribution in [0, 0.1) is 0 Å². The van der Waals surface area contributed by atoms with Crippen LogP contribution in [0.5, 0.6) is 0 Å². The van der Waals surface area contributed by atoms with Crippen molar-refractivity contribution >= 4 is 5.97 Å². The first-order valence-electron chi connectivity index (χ1n) is 5.23. The zero-order valence-electron chi connectivity index (χ0n) is 8.65. The Morgan fingerprint density at radius 1 is 1.57 bits per heavy atom. The summed E-state index contributed by atoms with van der Waals surface area (Å²) >= 11 is 0. The Balaban J connectivity index is 2.49. The average Bonchev–Trinajstić information content (AvgIpc) is 2.16. The highest BCUT2D eigenvalue weighted by Gasteiger charge is 2.26. The number of carbonyl (C=O) groups is 1. The normalized spacial score (nSPS) is 26.0. The van der Waals surface area contributed by atoms with Crippen LogP contribution in [0.2, 0.25) is 0 Å².